The highest BCUT2D eigenvalue weighted by atomic mass is 79.9. The number of hydrogen-bond acceptors (Lipinski definition) is 3. The van der Waals surface area contributed by atoms with Gasteiger partial charge in [0.1, 0.15) is 0 Å². The minimum Gasteiger partial charge on any atom is -0.370 e. The fraction of sp³-hybridized carbons (Fsp3) is 0.615. The minimum absolute atomic E-state index is 0.549. The summed E-state index contributed by atoms with van der Waals surface area (Å²) < 4.78 is 1.11. The topological polar surface area (TPSA) is 53.6 Å². The average molecular weight is 345 g/mol. The van der Waals surface area contributed by atoms with E-state index in [1.165, 1.54) is 24.3 Å². The molecule has 19 heavy (non-hydrogen) atoms. The van der Waals surface area contributed by atoms with Gasteiger partial charge in [-0.25, -0.2) is 4.99 Å². The van der Waals surface area contributed by atoms with Crippen molar-refractivity contribution in [2.75, 3.05) is 19.6 Å². The Morgan fingerprint density at radius 3 is 3.21 bits per heavy atom. The molecule has 0 aliphatic carbocycles. The van der Waals surface area contributed by atoms with E-state index in [2.05, 4.69) is 49.5 Å². The molecule has 0 aromatic carbocycles. The van der Waals surface area contributed by atoms with E-state index in [9.17, 15) is 0 Å². The maximum atomic E-state index is 5.91. The molecule has 1 aromatic rings. The molecule has 106 valence electrons. The molecule has 4 nitrogen and oxygen atoms in total. The number of likely N-dealkylation sites (tertiary alicyclic amines) is 1. The second-order valence-electron chi connectivity index (χ2n) is 4.74. The normalized spacial score (nSPS) is 20.9. The van der Waals surface area contributed by atoms with Gasteiger partial charge >= 0.3 is 0 Å². The van der Waals surface area contributed by atoms with Gasteiger partial charge in [0.2, 0.25) is 0 Å². The van der Waals surface area contributed by atoms with Crippen LogP contribution < -0.4 is 11.1 Å². The van der Waals surface area contributed by atoms with Gasteiger partial charge in [-0.05, 0) is 47.9 Å². The zero-order chi connectivity index (χ0) is 13.7. The summed E-state index contributed by atoms with van der Waals surface area (Å²) in [6.45, 7) is 6.09. The lowest BCUT2D eigenvalue weighted by atomic mass is 10.2. The smallest absolute Gasteiger partial charge is 0.189 e. The van der Waals surface area contributed by atoms with Crippen molar-refractivity contribution >= 4 is 33.2 Å². The lowest BCUT2D eigenvalue weighted by molar-refractivity contribution is 0.267. The molecule has 0 saturated carbocycles. The van der Waals surface area contributed by atoms with Crippen molar-refractivity contribution in [3.63, 3.8) is 0 Å². The molecule has 1 atom stereocenters. The summed E-state index contributed by atoms with van der Waals surface area (Å²) >= 11 is 5.13. The van der Waals surface area contributed by atoms with Gasteiger partial charge in [0.05, 0.1) is 6.54 Å². The van der Waals surface area contributed by atoms with Crippen molar-refractivity contribution in [1.29, 1.82) is 0 Å². The summed E-state index contributed by atoms with van der Waals surface area (Å²) in [5, 5.41) is 5.31. The number of nitrogens with two attached hydrogens (primary N) is 1. The molecule has 1 aliphatic heterocycles. The Labute approximate surface area is 127 Å². The van der Waals surface area contributed by atoms with Gasteiger partial charge in [-0.2, -0.15) is 0 Å². The Balaban J connectivity index is 1.76. The van der Waals surface area contributed by atoms with Crippen LogP contribution in [0.4, 0.5) is 0 Å². The number of thiophene rings is 1. The maximum absolute atomic E-state index is 5.91. The lowest BCUT2D eigenvalue weighted by Crippen LogP contribution is -2.42. The van der Waals surface area contributed by atoms with Crippen LogP contribution in [-0.4, -0.2) is 36.5 Å². The van der Waals surface area contributed by atoms with Gasteiger partial charge in [0.25, 0.3) is 0 Å². The Morgan fingerprint density at radius 2 is 2.53 bits per heavy atom. The van der Waals surface area contributed by atoms with E-state index in [1.54, 1.807) is 11.3 Å². The summed E-state index contributed by atoms with van der Waals surface area (Å²) in [5.41, 5.74) is 5.91. The fourth-order valence-corrected chi connectivity index (χ4v) is 3.80. The number of guanidine groups is 1. The van der Waals surface area contributed by atoms with Gasteiger partial charge in [0, 0.05) is 27.3 Å². The van der Waals surface area contributed by atoms with Crippen LogP contribution in [0.5, 0.6) is 0 Å². The summed E-state index contributed by atoms with van der Waals surface area (Å²) in [6, 6.07) is 2.69. The molecule has 1 saturated heterocycles. The quantitative estimate of drug-likeness (QED) is 0.637. The first-order valence-electron chi connectivity index (χ1n) is 6.69. The van der Waals surface area contributed by atoms with Crippen molar-refractivity contribution < 1.29 is 0 Å². The van der Waals surface area contributed by atoms with E-state index >= 15 is 0 Å². The highest BCUT2D eigenvalue weighted by Gasteiger charge is 2.22. The van der Waals surface area contributed by atoms with E-state index in [0.717, 1.165) is 17.6 Å². The first kappa shape index (κ1) is 14.8. The van der Waals surface area contributed by atoms with E-state index < -0.39 is 0 Å². The van der Waals surface area contributed by atoms with Crippen LogP contribution in [-0.2, 0) is 6.54 Å². The second-order valence-corrected chi connectivity index (χ2v) is 6.65. The minimum atomic E-state index is 0.549. The predicted molar refractivity (Wildman–Crippen MR) is 85.6 cm³/mol. The Kier molecular flexibility index (Phi) is 5.66. The third-order valence-electron chi connectivity index (χ3n) is 3.45. The lowest BCUT2D eigenvalue weighted by Gasteiger charge is -2.23. The average Bonchev–Trinajstić information content (AvgIpc) is 3.02. The molecule has 3 N–H and O–H groups in total. The molecule has 1 aliphatic rings. The molecule has 0 amide bonds. The van der Waals surface area contributed by atoms with Crippen LogP contribution >= 0.6 is 27.3 Å². The summed E-state index contributed by atoms with van der Waals surface area (Å²) in [5.74, 6) is 0.549. The summed E-state index contributed by atoms with van der Waals surface area (Å²) in [7, 11) is 0. The largest absolute Gasteiger partial charge is 0.370 e. The molecule has 1 fully saturated rings. The molecule has 6 heteroatoms. The van der Waals surface area contributed by atoms with Crippen molar-refractivity contribution in [2.45, 2.75) is 32.4 Å². The van der Waals surface area contributed by atoms with Crippen molar-refractivity contribution in [2.24, 2.45) is 10.7 Å². The van der Waals surface area contributed by atoms with Crippen LogP contribution in [0.3, 0.4) is 0 Å². The van der Waals surface area contributed by atoms with E-state index in [0.29, 0.717) is 18.5 Å². The van der Waals surface area contributed by atoms with Crippen LogP contribution in [0.2, 0.25) is 0 Å². The van der Waals surface area contributed by atoms with Crippen LogP contribution in [0, 0.1) is 0 Å². The molecule has 0 radical (unpaired) electrons. The van der Waals surface area contributed by atoms with E-state index in [-0.39, 0.29) is 0 Å². The number of aliphatic imine (C=N–C) groups is 1. The molecule has 2 heterocycles. The van der Waals surface area contributed by atoms with Crippen LogP contribution in [0.15, 0.2) is 20.9 Å². The number of nitrogens with zero attached hydrogens (tertiary/aromatic N) is 2. The van der Waals surface area contributed by atoms with Gasteiger partial charge in [-0.3, -0.25) is 4.90 Å². The Hall–Kier alpha value is -0.590. The third kappa shape index (κ3) is 4.47. The fourth-order valence-electron chi connectivity index (χ4n) is 2.42. The number of likely N-dealkylation sites (N-methyl/N-ethyl adjacent to an activating group) is 1. The molecule has 2 rings (SSSR count). The number of rotatable bonds is 5. The van der Waals surface area contributed by atoms with Crippen molar-refractivity contribution in [3.8, 4) is 0 Å². The second kappa shape index (κ2) is 7.26. The van der Waals surface area contributed by atoms with Crippen molar-refractivity contribution in [3.05, 3.63) is 20.8 Å². The number of nitrogens with one attached hydrogen (secondary N) is 1. The zero-order valence-corrected chi connectivity index (χ0v) is 13.6. The summed E-state index contributed by atoms with van der Waals surface area (Å²) in [6.07, 6.45) is 2.55. The molecule has 1 unspecified atom stereocenters. The maximum Gasteiger partial charge on any atom is 0.189 e. The molecular weight excluding hydrogens is 324 g/mol. The highest BCUT2D eigenvalue weighted by molar-refractivity contribution is 9.10. The summed E-state index contributed by atoms with van der Waals surface area (Å²) in [4.78, 5) is 8.09. The number of halogens is 1. The predicted octanol–water partition coefficient (Wildman–Crippen LogP) is 2.40. The third-order valence-corrected chi connectivity index (χ3v) is 5.13. The Morgan fingerprint density at radius 1 is 1.68 bits per heavy atom. The zero-order valence-electron chi connectivity index (χ0n) is 11.2. The van der Waals surface area contributed by atoms with Gasteiger partial charge in [0.15, 0.2) is 5.96 Å². The van der Waals surface area contributed by atoms with Gasteiger partial charge < -0.3 is 11.1 Å². The first-order valence-corrected chi connectivity index (χ1v) is 8.37. The standard InChI is InChI=1S/C13H21BrN4S/c1-2-18-5-3-4-11(18)7-16-13(15)17-8-12-6-10(14)9-19-12/h6,9,11H,2-5,7-8H2,1H3,(H3,15,16,17). The van der Waals surface area contributed by atoms with Crippen molar-refractivity contribution in [1.82, 2.24) is 10.2 Å². The SMILES string of the molecule is CCN1CCCC1CNC(N)=NCc1cc(Br)cs1. The van der Waals surface area contributed by atoms with Gasteiger partial charge in [-0.15, -0.1) is 11.3 Å². The van der Waals surface area contributed by atoms with E-state index in [4.69, 9.17) is 5.73 Å². The molecular formula is C13H21BrN4S. The molecule has 0 spiro atoms. The monoisotopic (exact) mass is 344 g/mol. The van der Waals surface area contributed by atoms with Crippen LogP contribution in [0.1, 0.15) is 24.6 Å². The van der Waals surface area contributed by atoms with E-state index in [1.807, 2.05) is 0 Å². The molecule has 0 bridgehead atoms. The highest BCUT2D eigenvalue weighted by Crippen LogP contribution is 2.20. The van der Waals surface area contributed by atoms with Crippen LogP contribution in [0.25, 0.3) is 0 Å². The molecule has 1 aromatic heterocycles. The number of hydrogen-bond donors (Lipinski definition) is 2. The van der Waals surface area contributed by atoms with Gasteiger partial charge in [-0.1, -0.05) is 6.92 Å². The Bertz CT molecular complexity index is 432. The first-order chi connectivity index (χ1) is 9.19.